The quantitative estimate of drug-likeness (QED) is 0.712. The molecule has 0 radical (unpaired) electrons. The number of nitrogens with zero attached hydrogens (tertiary/aromatic N) is 3. The number of carbonyl (C=O) groups is 1. The van der Waals surface area contributed by atoms with Crippen molar-refractivity contribution in [2.45, 2.75) is 26.3 Å². The van der Waals surface area contributed by atoms with Crippen LogP contribution in [-0.4, -0.2) is 35.6 Å². The number of ether oxygens (including phenoxy) is 1. The molecule has 4 rings (SSSR count). The molecule has 1 aromatic heterocycles. The average molecular weight is 376 g/mol. The van der Waals surface area contributed by atoms with Crippen LogP contribution in [0.25, 0.3) is 10.9 Å². The number of nitrogens with one attached hydrogen (secondary N) is 1. The van der Waals surface area contributed by atoms with Gasteiger partial charge in [0.05, 0.1) is 12.1 Å². The highest BCUT2D eigenvalue weighted by atomic mass is 16.5. The summed E-state index contributed by atoms with van der Waals surface area (Å²) in [7, 11) is 0. The van der Waals surface area contributed by atoms with Gasteiger partial charge in [0.1, 0.15) is 17.9 Å². The Hall–Kier alpha value is -3.15. The maximum Gasteiger partial charge on any atom is 0.251 e. The molecule has 1 saturated heterocycles. The Morgan fingerprint density at radius 3 is 2.64 bits per heavy atom. The van der Waals surface area contributed by atoms with Crippen LogP contribution in [0.1, 0.15) is 35.7 Å². The standard InChI is InChI=1S/C22H24N4O2/c1-2-28-18-8-5-16(6-9-18)14-23-22(27)17-7-10-20-19(13-17)21(25-15-24-20)26-11-3-4-12-26/h5-10,13,15H,2-4,11-12,14H2,1H3,(H,23,27). The van der Waals surface area contributed by atoms with Crippen LogP contribution in [0.5, 0.6) is 5.75 Å². The molecule has 2 heterocycles. The van der Waals surface area contributed by atoms with Gasteiger partial charge in [-0.3, -0.25) is 4.79 Å². The van der Waals surface area contributed by atoms with Crippen molar-refractivity contribution in [1.29, 1.82) is 0 Å². The van der Waals surface area contributed by atoms with Gasteiger partial charge in [-0.1, -0.05) is 12.1 Å². The third-order valence-electron chi connectivity index (χ3n) is 4.97. The van der Waals surface area contributed by atoms with Crippen LogP contribution in [0.3, 0.4) is 0 Å². The number of anilines is 1. The van der Waals surface area contributed by atoms with E-state index >= 15 is 0 Å². The zero-order valence-corrected chi connectivity index (χ0v) is 16.0. The molecule has 0 atom stereocenters. The first-order valence-corrected chi connectivity index (χ1v) is 9.74. The fourth-order valence-electron chi connectivity index (χ4n) is 3.52. The highest BCUT2D eigenvalue weighted by Crippen LogP contribution is 2.26. The molecule has 6 heteroatoms. The zero-order chi connectivity index (χ0) is 19.3. The van der Waals surface area contributed by atoms with Crippen molar-refractivity contribution in [3.05, 3.63) is 59.9 Å². The molecule has 0 saturated carbocycles. The monoisotopic (exact) mass is 376 g/mol. The molecule has 6 nitrogen and oxygen atoms in total. The first-order valence-electron chi connectivity index (χ1n) is 9.74. The molecule has 2 aromatic carbocycles. The number of aromatic nitrogens is 2. The Morgan fingerprint density at radius 2 is 1.89 bits per heavy atom. The lowest BCUT2D eigenvalue weighted by molar-refractivity contribution is 0.0951. The van der Waals surface area contributed by atoms with Gasteiger partial charge in [-0.05, 0) is 55.7 Å². The van der Waals surface area contributed by atoms with Crippen molar-refractivity contribution in [1.82, 2.24) is 15.3 Å². The van der Waals surface area contributed by atoms with Gasteiger partial charge in [0, 0.05) is 30.6 Å². The molecular formula is C22H24N4O2. The maximum absolute atomic E-state index is 12.7. The van der Waals surface area contributed by atoms with Gasteiger partial charge in [0.2, 0.25) is 0 Å². The molecule has 0 unspecified atom stereocenters. The first kappa shape index (κ1) is 18.2. The third kappa shape index (κ3) is 3.91. The third-order valence-corrected chi connectivity index (χ3v) is 4.97. The molecule has 28 heavy (non-hydrogen) atoms. The van der Waals surface area contributed by atoms with E-state index in [2.05, 4.69) is 20.2 Å². The summed E-state index contributed by atoms with van der Waals surface area (Å²) in [6.45, 7) is 5.06. The molecule has 3 aromatic rings. The number of hydrogen-bond donors (Lipinski definition) is 1. The number of amides is 1. The van der Waals surface area contributed by atoms with Gasteiger partial charge in [0.15, 0.2) is 0 Å². The van der Waals surface area contributed by atoms with Crippen molar-refractivity contribution < 1.29 is 9.53 Å². The van der Waals surface area contributed by atoms with E-state index in [0.717, 1.165) is 41.1 Å². The van der Waals surface area contributed by atoms with E-state index in [-0.39, 0.29) is 5.91 Å². The Labute approximate surface area is 164 Å². The normalized spacial score (nSPS) is 13.7. The minimum Gasteiger partial charge on any atom is -0.494 e. The van der Waals surface area contributed by atoms with Gasteiger partial charge >= 0.3 is 0 Å². The summed E-state index contributed by atoms with van der Waals surface area (Å²) in [4.78, 5) is 23.8. The summed E-state index contributed by atoms with van der Waals surface area (Å²) in [5, 5.41) is 3.92. The van der Waals surface area contributed by atoms with E-state index in [1.54, 1.807) is 6.33 Å². The summed E-state index contributed by atoms with van der Waals surface area (Å²) in [6.07, 6.45) is 3.95. The average Bonchev–Trinajstić information content (AvgIpc) is 3.27. The summed E-state index contributed by atoms with van der Waals surface area (Å²) in [5.74, 6) is 1.65. The maximum atomic E-state index is 12.7. The minimum atomic E-state index is -0.105. The van der Waals surface area contributed by atoms with Gasteiger partial charge in [-0.25, -0.2) is 9.97 Å². The first-order chi connectivity index (χ1) is 13.7. The second kappa shape index (κ2) is 8.25. The molecule has 144 valence electrons. The van der Waals surface area contributed by atoms with Crippen molar-refractivity contribution in [2.75, 3.05) is 24.6 Å². The van der Waals surface area contributed by atoms with Crippen molar-refractivity contribution in [3.63, 3.8) is 0 Å². The SMILES string of the molecule is CCOc1ccc(CNC(=O)c2ccc3ncnc(N4CCCC4)c3c2)cc1. The van der Waals surface area contributed by atoms with E-state index < -0.39 is 0 Å². The van der Waals surface area contributed by atoms with E-state index in [1.165, 1.54) is 12.8 Å². The number of rotatable bonds is 6. The largest absolute Gasteiger partial charge is 0.494 e. The van der Waals surface area contributed by atoms with Gasteiger partial charge in [0.25, 0.3) is 5.91 Å². The Bertz CT molecular complexity index is 966. The lowest BCUT2D eigenvalue weighted by atomic mass is 10.1. The van der Waals surface area contributed by atoms with Crippen LogP contribution in [0, 0.1) is 0 Å². The fourth-order valence-corrected chi connectivity index (χ4v) is 3.52. The summed E-state index contributed by atoms with van der Waals surface area (Å²) >= 11 is 0. The van der Waals surface area contributed by atoms with E-state index in [9.17, 15) is 4.79 Å². The second-order valence-corrected chi connectivity index (χ2v) is 6.88. The van der Waals surface area contributed by atoms with Crippen molar-refractivity contribution in [2.24, 2.45) is 0 Å². The summed E-state index contributed by atoms with van der Waals surface area (Å²) in [6, 6.07) is 13.4. The number of benzene rings is 2. The van der Waals surface area contributed by atoms with Gasteiger partial charge in [-0.2, -0.15) is 0 Å². The van der Waals surface area contributed by atoms with Crippen LogP contribution >= 0.6 is 0 Å². The van der Waals surface area contributed by atoms with E-state index in [1.807, 2.05) is 49.4 Å². The number of hydrogen-bond acceptors (Lipinski definition) is 5. The fraction of sp³-hybridized carbons (Fsp3) is 0.318. The molecule has 1 aliphatic rings. The lowest BCUT2D eigenvalue weighted by Gasteiger charge is -2.18. The topological polar surface area (TPSA) is 67.3 Å². The van der Waals surface area contributed by atoms with Crippen molar-refractivity contribution in [3.8, 4) is 5.75 Å². The Balaban J connectivity index is 1.50. The molecule has 1 amide bonds. The highest BCUT2D eigenvalue weighted by Gasteiger charge is 2.17. The number of carbonyl (C=O) groups excluding carboxylic acids is 1. The van der Waals surface area contributed by atoms with E-state index in [4.69, 9.17) is 4.74 Å². The van der Waals surface area contributed by atoms with Crippen molar-refractivity contribution >= 4 is 22.6 Å². The molecule has 0 bridgehead atoms. The zero-order valence-electron chi connectivity index (χ0n) is 16.0. The summed E-state index contributed by atoms with van der Waals surface area (Å²) < 4.78 is 5.45. The van der Waals surface area contributed by atoms with E-state index in [0.29, 0.717) is 18.7 Å². The molecule has 1 fully saturated rings. The van der Waals surface area contributed by atoms with Crippen LogP contribution in [0.2, 0.25) is 0 Å². The Kier molecular flexibility index (Phi) is 5.37. The predicted molar refractivity (Wildman–Crippen MR) is 110 cm³/mol. The van der Waals surface area contributed by atoms with Gasteiger partial charge < -0.3 is 15.0 Å². The molecule has 1 aliphatic heterocycles. The minimum absolute atomic E-state index is 0.105. The molecule has 0 aliphatic carbocycles. The summed E-state index contributed by atoms with van der Waals surface area (Å²) in [5.41, 5.74) is 2.51. The molecular weight excluding hydrogens is 352 g/mol. The van der Waals surface area contributed by atoms with Crippen LogP contribution in [0.15, 0.2) is 48.8 Å². The van der Waals surface area contributed by atoms with Crippen LogP contribution < -0.4 is 15.0 Å². The van der Waals surface area contributed by atoms with Gasteiger partial charge in [-0.15, -0.1) is 0 Å². The number of fused-ring (bicyclic) bond motifs is 1. The lowest BCUT2D eigenvalue weighted by Crippen LogP contribution is -2.23. The van der Waals surface area contributed by atoms with Crippen LogP contribution in [-0.2, 0) is 6.54 Å². The highest BCUT2D eigenvalue weighted by molar-refractivity contribution is 6.00. The second-order valence-electron chi connectivity index (χ2n) is 6.88. The Morgan fingerprint density at radius 1 is 1.11 bits per heavy atom. The smallest absolute Gasteiger partial charge is 0.251 e. The molecule has 0 spiro atoms. The van der Waals surface area contributed by atoms with Crippen LogP contribution in [0.4, 0.5) is 5.82 Å². The predicted octanol–water partition coefficient (Wildman–Crippen LogP) is 3.56. The molecule has 1 N–H and O–H groups in total.